The van der Waals surface area contributed by atoms with Crippen molar-refractivity contribution >= 4 is 22.8 Å². The van der Waals surface area contributed by atoms with Crippen molar-refractivity contribution in [2.45, 2.75) is 25.8 Å². The Morgan fingerprint density at radius 3 is 2.90 bits per heavy atom. The summed E-state index contributed by atoms with van der Waals surface area (Å²) in [5.41, 5.74) is 6.67. The summed E-state index contributed by atoms with van der Waals surface area (Å²) >= 11 is 0. The van der Waals surface area contributed by atoms with E-state index < -0.39 is 11.9 Å². The van der Waals surface area contributed by atoms with E-state index in [9.17, 15) is 9.59 Å². The lowest BCUT2D eigenvalue weighted by molar-refractivity contribution is -0.121. The molecule has 0 unspecified atom stereocenters. The van der Waals surface area contributed by atoms with Gasteiger partial charge in [0.1, 0.15) is 17.4 Å². The number of carbonyl (C=O) groups excluding carboxylic acids is 2. The standard InChI is InChI=1S/C15H16N2O3/c1-9-7-11-8-10(4-5-13(11)20-9)15(19)17-6-2-3-12(17)14(16)18/h4-5,7-8,12H,2-3,6H2,1H3,(H2,16,18)/t12-/m1/s1. The molecule has 1 aromatic carbocycles. The fourth-order valence-corrected chi connectivity index (χ4v) is 2.78. The zero-order chi connectivity index (χ0) is 14.3. The van der Waals surface area contributed by atoms with E-state index in [-0.39, 0.29) is 5.91 Å². The average Bonchev–Trinajstić information content (AvgIpc) is 3.01. The third-order valence-electron chi connectivity index (χ3n) is 3.73. The molecule has 104 valence electrons. The first-order valence-corrected chi connectivity index (χ1v) is 6.67. The Balaban J connectivity index is 1.93. The van der Waals surface area contributed by atoms with Crippen molar-refractivity contribution < 1.29 is 14.0 Å². The number of primary amides is 1. The third kappa shape index (κ3) is 2.05. The number of fused-ring (bicyclic) bond motifs is 1. The molecule has 2 amide bonds. The van der Waals surface area contributed by atoms with Gasteiger partial charge in [-0.1, -0.05) is 0 Å². The fraction of sp³-hybridized carbons (Fsp3) is 0.333. The monoisotopic (exact) mass is 272 g/mol. The van der Waals surface area contributed by atoms with Crippen LogP contribution in [0.1, 0.15) is 29.0 Å². The number of likely N-dealkylation sites (tertiary alicyclic amines) is 1. The first-order valence-electron chi connectivity index (χ1n) is 6.67. The van der Waals surface area contributed by atoms with E-state index in [1.807, 2.05) is 13.0 Å². The minimum Gasteiger partial charge on any atom is -0.461 e. The molecular formula is C15H16N2O3. The number of hydrogen-bond acceptors (Lipinski definition) is 3. The molecule has 0 aliphatic carbocycles. The van der Waals surface area contributed by atoms with Crippen LogP contribution < -0.4 is 5.73 Å². The van der Waals surface area contributed by atoms with Crippen LogP contribution >= 0.6 is 0 Å². The Bertz CT molecular complexity index is 689. The summed E-state index contributed by atoms with van der Waals surface area (Å²) in [6.07, 6.45) is 1.46. The molecule has 0 radical (unpaired) electrons. The van der Waals surface area contributed by atoms with Crippen molar-refractivity contribution in [2.24, 2.45) is 5.73 Å². The molecule has 2 heterocycles. The van der Waals surface area contributed by atoms with Crippen molar-refractivity contribution in [2.75, 3.05) is 6.54 Å². The number of nitrogens with zero attached hydrogens (tertiary/aromatic N) is 1. The van der Waals surface area contributed by atoms with Gasteiger partial charge in [0.05, 0.1) is 0 Å². The van der Waals surface area contributed by atoms with E-state index in [4.69, 9.17) is 10.2 Å². The maximum atomic E-state index is 12.5. The molecular weight excluding hydrogens is 256 g/mol. The minimum absolute atomic E-state index is 0.146. The van der Waals surface area contributed by atoms with Crippen LogP contribution in [0.5, 0.6) is 0 Å². The number of benzene rings is 1. The Morgan fingerprint density at radius 1 is 1.35 bits per heavy atom. The maximum Gasteiger partial charge on any atom is 0.254 e. The molecule has 2 N–H and O–H groups in total. The summed E-state index contributed by atoms with van der Waals surface area (Å²) in [7, 11) is 0. The van der Waals surface area contributed by atoms with Crippen LogP contribution in [0.15, 0.2) is 28.7 Å². The highest BCUT2D eigenvalue weighted by Crippen LogP contribution is 2.24. The van der Waals surface area contributed by atoms with Crippen molar-refractivity contribution in [1.29, 1.82) is 0 Å². The minimum atomic E-state index is -0.482. The zero-order valence-corrected chi connectivity index (χ0v) is 11.3. The first kappa shape index (κ1) is 12.7. The maximum absolute atomic E-state index is 12.5. The smallest absolute Gasteiger partial charge is 0.254 e. The molecule has 5 heteroatoms. The summed E-state index contributed by atoms with van der Waals surface area (Å²) in [5.74, 6) is 0.226. The van der Waals surface area contributed by atoms with Crippen LogP contribution in [0.4, 0.5) is 0 Å². The lowest BCUT2D eigenvalue weighted by Gasteiger charge is -2.22. The van der Waals surface area contributed by atoms with E-state index in [0.717, 1.165) is 23.2 Å². The molecule has 1 aliphatic heterocycles. The van der Waals surface area contributed by atoms with Crippen LogP contribution in [0, 0.1) is 6.92 Å². The summed E-state index contributed by atoms with van der Waals surface area (Å²) in [5, 5.41) is 0.892. The Kier molecular flexibility index (Phi) is 2.97. The van der Waals surface area contributed by atoms with Crippen LogP contribution in [0.3, 0.4) is 0 Å². The van der Waals surface area contributed by atoms with Crippen LogP contribution in [0.2, 0.25) is 0 Å². The predicted molar refractivity (Wildman–Crippen MR) is 74.2 cm³/mol. The van der Waals surface area contributed by atoms with Crippen molar-refractivity contribution in [3.63, 3.8) is 0 Å². The van der Waals surface area contributed by atoms with E-state index in [0.29, 0.717) is 18.5 Å². The largest absolute Gasteiger partial charge is 0.461 e. The first-order chi connectivity index (χ1) is 9.56. The van der Waals surface area contributed by atoms with Crippen molar-refractivity contribution in [1.82, 2.24) is 4.90 Å². The second-order valence-corrected chi connectivity index (χ2v) is 5.17. The summed E-state index contributed by atoms with van der Waals surface area (Å²) < 4.78 is 5.49. The molecule has 1 atom stereocenters. The zero-order valence-electron chi connectivity index (χ0n) is 11.3. The van der Waals surface area contributed by atoms with Gasteiger partial charge in [-0.25, -0.2) is 0 Å². The SMILES string of the molecule is Cc1cc2cc(C(=O)N3CCC[C@@H]3C(N)=O)ccc2o1. The van der Waals surface area contributed by atoms with Crippen molar-refractivity contribution in [3.8, 4) is 0 Å². The second kappa shape index (κ2) is 4.67. The highest BCUT2D eigenvalue weighted by molar-refractivity contribution is 6.00. The molecule has 1 aromatic heterocycles. The molecule has 1 fully saturated rings. The number of nitrogens with two attached hydrogens (primary N) is 1. The van der Waals surface area contributed by atoms with Gasteiger partial charge in [-0.05, 0) is 44.0 Å². The number of amides is 2. The fourth-order valence-electron chi connectivity index (χ4n) is 2.78. The normalized spacial score (nSPS) is 18.6. The van der Waals surface area contributed by atoms with E-state index in [1.165, 1.54) is 0 Å². The molecule has 2 aromatic rings. The Hall–Kier alpha value is -2.30. The lowest BCUT2D eigenvalue weighted by Crippen LogP contribution is -2.43. The quantitative estimate of drug-likeness (QED) is 0.906. The molecule has 0 bridgehead atoms. The van der Waals surface area contributed by atoms with Gasteiger partial charge in [-0.3, -0.25) is 9.59 Å². The Labute approximate surface area is 116 Å². The van der Waals surface area contributed by atoms with Crippen LogP contribution in [-0.2, 0) is 4.79 Å². The summed E-state index contributed by atoms with van der Waals surface area (Å²) in [6.45, 7) is 2.44. The van der Waals surface area contributed by atoms with Gasteiger partial charge in [0, 0.05) is 17.5 Å². The highest BCUT2D eigenvalue weighted by atomic mass is 16.3. The van der Waals surface area contributed by atoms with Gasteiger partial charge < -0.3 is 15.1 Å². The molecule has 0 saturated carbocycles. The molecule has 20 heavy (non-hydrogen) atoms. The number of rotatable bonds is 2. The van der Waals surface area contributed by atoms with Crippen LogP contribution in [-0.4, -0.2) is 29.3 Å². The Morgan fingerprint density at radius 2 is 2.15 bits per heavy atom. The van der Waals surface area contributed by atoms with Gasteiger partial charge in [0.15, 0.2) is 0 Å². The molecule has 3 rings (SSSR count). The number of aryl methyl sites for hydroxylation is 1. The summed E-state index contributed by atoms with van der Waals surface area (Å²) in [6, 6.07) is 6.71. The van der Waals surface area contributed by atoms with E-state index >= 15 is 0 Å². The summed E-state index contributed by atoms with van der Waals surface area (Å²) in [4.78, 5) is 25.4. The lowest BCUT2D eigenvalue weighted by atomic mass is 10.1. The molecule has 1 saturated heterocycles. The van der Waals surface area contributed by atoms with E-state index in [1.54, 1.807) is 23.1 Å². The molecule has 5 nitrogen and oxygen atoms in total. The van der Waals surface area contributed by atoms with Gasteiger partial charge in [0.25, 0.3) is 5.91 Å². The van der Waals surface area contributed by atoms with Crippen molar-refractivity contribution in [3.05, 3.63) is 35.6 Å². The highest BCUT2D eigenvalue weighted by Gasteiger charge is 2.33. The molecule has 0 spiro atoms. The van der Waals surface area contributed by atoms with Gasteiger partial charge in [-0.2, -0.15) is 0 Å². The van der Waals surface area contributed by atoms with Gasteiger partial charge >= 0.3 is 0 Å². The topological polar surface area (TPSA) is 76.5 Å². The number of hydrogen-bond donors (Lipinski definition) is 1. The number of furan rings is 1. The van der Waals surface area contributed by atoms with E-state index in [2.05, 4.69) is 0 Å². The van der Waals surface area contributed by atoms with Gasteiger partial charge in [-0.15, -0.1) is 0 Å². The number of carbonyl (C=O) groups is 2. The second-order valence-electron chi connectivity index (χ2n) is 5.17. The predicted octanol–water partition coefficient (Wildman–Crippen LogP) is 1.83. The van der Waals surface area contributed by atoms with Crippen LogP contribution in [0.25, 0.3) is 11.0 Å². The average molecular weight is 272 g/mol. The van der Waals surface area contributed by atoms with Gasteiger partial charge in [0.2, 0.25) is 5.91 Å². The molecule has 1 aliphatic rings. The third-order valence-corrected chi connectivity index (χ3v) is 3.73.